The maximum Gasteiger partial charge on any atom is 0.259 e. The second-order valence-electron chi connectivity index (χ2n) is 6.21. The van der Waals surface area contributed by atoms with Gasteiger partial charge in [-0.25, -0.2) is 9.37 Å². The van der Waals surface area contributed by atoms with E-state index < -0.39 is 6.17 Å². The molecule has 0 N–H and O–H groups in total. The summed E-state index contributed by atoms with van der Waals surface area (Å²) in [6.07, 6.45) is 4.44. The second-order valence-corrected chi connectivity index (χ2v) is 7.33. The Kier molecular flexibility index (Phi) is 4.23. The smallest absolute Gasteiger partial charge is 0.259 e. The highest BCUT2D eigenvalue weighted by Gasteiger charge is 2.30. The molecule has 1 amide bonds. The van der Waals surface area contributed by atoms with E-state index in [1.54, 1.807) is 23.5 Å². The number of anilines is 1. The molecule has 3 aromatic rings. The number of fused-ring (bicyclic) bond motifs is 1. The lowest BCUT2D eigenvalue weighted by atomic mass is 9.94. The van der Waals surface area contributed by atoms with Crippen molar-refractivity contribution in [2.45, 2.75) is 33.0 Å². The van der Waals surface area contributed by atoms with E-state index in [9.17, 15) is 9.18 Å². The maximum atomic E-state index is 13.2. The molecule has 3 aromatic heterocycles. The Morgan fingerprint density at radius 1 is 1.42 bits per heavy atom. The molecule has 2 atom stereocenters. The molecule has 0 aromatic carbocycles. The van der Waals surface area contributed by atoms with Crippen molar-refractivity contribution >= 4 is 22.9 Å². The Morgan fingerprint density at radius 2 is 2.27 bits per heavy atom. The van der Waals surface area contributed by atoms with E-state index in [-0.39, 0.29) is 23.6 Å². The standard InChI is InChI=1S/C17H16FN5O2S/c1-9-5-11-3-4-19-6-12(11)23(17(9)24)8-14-20-7-13(26-14)16-22-21-15(25-16)10(2)18/h3-4,6-7,9-10H,5,8H2,1-2H3/t9-,10?/m0/s1. The van der Waals surface area contributed by atoms with Crippen LogP contribution in [0.25, 0.3) is 10.8 Å². The van der Waals surface area contributed by atoms with Crippen molar-refractivity contribution in [3.05, 3.63) is 41.1 Å². The van der Waals surface area contributed by atoms with Gasteiger partial charge in [-0.1, -0.05) is 6.92 Å². The molecule has 1 aliphatic heterocycles. The van der Waals surface area contributed by atoms with Gasteiger partial charge in [0.05, 0.1) is 24.6 Å². The van der Waals surface area contributed by atoms with Crippen LogP contribution < -0.4 is 4.90 Å². The zero-order valence-corrected chi connectivity index (χ0v) is 15.0. The van der Waals surface area contributed by atoms with E-state index >= 15 is 0 Å². The molecule has 0 saturated carbocycles. The predicted octanol–water partition coefficient (Wildman–Crippen LogP) is 3.34. The first-order valence-corrected chi connectivity index (χ1v) is 9.01. The minimum atomic E-state index is -1.32. The molecular weight excluding hydrogens is 357 g/mol. The average Bonchev–Trinajstić information content (AvgIpc) is 3.28. The van der Waals surface area contributed by atoms with Gasteiger partial charge < -0.3 is 9.32 Å². The lowest BCUT2D eigenvalue weighted by Gasteiger charge is -2.31. The van der Waals surface area contributed by atoms with Crippen LogP contribution in [0.4, 0.5) is 10.1 Å². The van der Waals surface area contributed by atoms with Crippen molar-refractivity contribution in [1.82, 2.24) is 20.2 Å². The number of thiazole rings is 1. The quantitative estimate of drug-likeness (QED) is 0.697. The van der Waals surface area contributed by atoms with Gasteiger partial charge in [-0.15, -0.1) is 21.5 Å². The van der Waals surface area contributed by atoms with E-state index in [2.05, 4.69) is 20.2 Å². The van der Waals surface area contributed by atoms with E-state index in [0.29, 0.717) is 17.8 Å². The van der Waals surface area contributed by atoms with Crippen LogP contribution in [0.1, 0.15) is 36.5 Å². The second kappa shape index (κ2) is 6.56. The summed E-state index contributed by atoms with van der Waals surface area (Å²) in [6.45, 7) is 3.60. The van der Waals surface area contributed by atoms with Crippen molar-refractivity contribution in [1.29, 1.82) is 0 Å². The highest BCUT2D eigenvalue weighted by atomic mass is 32.1. The summed E-state index contributed by atoms with van der Waals surface area (Å²) in [5, 5.41) is 8.26. The lowest BCUT2D eigenvalue weighted by molar-refractivity contribution is -0.122. The van der Waals surface area contributed by atoms with E-state index in [1.807, 2.05) is 13.0 Å². The number of nitrogens with zero attached hydrogens (tertiary/aromatic N) is 5. The summed E-state index contributed by atoms with van der Waals surface area (Å²) in [5.74, 6) is 0.131. The van der Waals surface area contributed by atoms with Crippen molar-refractivity contribution in [2.24, 2.45) is 5.92 Å². The molecular formula is C17H16FN5O2S. The number of carbonyl (C=O) groups is 1. The summed E-state index contributed by atoms with van der Waals surface area (Å²) in [5.41, 5.74) is 1.92. The summed E-state index contributed by atoms with van der Waals surface area (Å²) in [4.78, 5) is 23.5. The topological polar surface area (TPSA) is 85.0 Å². The molecule has 0 radical (unpaired) electrons. The Bertz CT molecular complexity index is 954. The average molecular weight is 373 g/mol. The van der Waals surface area contributed by atoms with Crippen LogP contribution in [0.3, 0.4) is 0 Å². The van der Waals surface area contributed by atoms with Crippen LogP contribution in [0.15, 0.2) is 29.1 Å². The lowest BCUT2D eigenvalue weighted by Crippen LogP contribution is -2.39. The Morgan fingerprint density at radius 3 is 3.04 bits per heavy atom. The predicted molar refractivity (Wildman–Crippen MR) is 93.2 cm³/mol. The van der Waals surface area contributed by atoms with E-state index in [4.69, 9.17) is 4.42 Å². The summed E-state index contributed by atoms with van der Waals surface area (Å²) in [6, 6.07) is 1.94. The van der Waals surface area contributed by atoms with Crippen LogP contribution in [-0.2, 0) is 17.8 Å². The minimum Gasteiger partial charge on any atom is -0.417 e. The van der Waals surface area contributed by atoms with Gasteiger partial charge in [-0.3, -0.25) is 9.78 Å². The fraction of sp³-hybridized carbons (Fsp3) is 0.353. The molecule has 9 heteroatoms. The fourth-order valence-corrected chi connectivity index (χ4v) is 3.74. The Hall–Kier alpha value is -2.68. The van der Waals surface area contributed by atoms with Crippen molar-refractivity contribution in [2.75, 3.05) is 4.90 Å². The molecule has 7 nitrogen and oxygen atoms in total. The summed E-state index contributed by atoms with van der Waals surface area (Å²) in [7, 11) is 0. The number of halogens is 1. The third-order valence-corrected chi connectivity index (χ3v) is 5.20. The van der Waals surface area contributed by atoms with E-state index in [0.717, 1.165) is 16.3 Å². The van der Waals surface area contributed by atoms with E-state index in [1.165, 1.54) is 18.3 Å². The summed E-state index contributed by atoms with van der Waals surface area (Å²) >= 11 is 1.34. The number of pyridine rings is 1. The third kappa shape index (κ3) is 2.98. The van der Waals surface area contributed by atoms with Gasteiger partial charge in [0, 0.05) is 12.1 Å². The molecule has 4 rings (SSSR count). The van der Waals surface area contributed by atoms with Crippen LogP contribution >= 0.6 is 11.3 Å². The molecule has 0 aliphatic carbocycles. The van der Waals surface area contributed by atoms with Crippen LogP contribution in [-0.4, -0.2) is 26.1 Å². The molecule has 0 fully saturated rings. The SMILES string of the molecule is CC(F)c1nnc(-c2cnc(CN3C(=O)[C@@H](C)Cc4ccncc43)s2)o1. The third-order valence-electron chi connectivity index (χ3n) is 4.23. The van der Waals surface area contributed by atoms with Gasteiger partial charge in [-0.2, -0.15) is 0 Å². The molecule has 26 heavy (non-hydrogen) atoms. The molecule has 0 saturated heterocycles. The minimum absolute atomic E-state index is 0.0496. The number of hydrogen-bond donors (Lipinski definition) is 0. The molecule has 4 heterocycles. The normalized spacial score (nSPS) is 18.0. The number of alkyl halides is 1. The zero-order valence-electron chi connectivity index (χ0n) is 14.2. The molecule has 1 unspecified atom stereocenters. The number of carbonyl (C=O) groups excluding carboxylic acids is 1. The summed E-state index contributed by atoms with van der Waals surface area (Å²) < 4.78 is 18.6. The Balaban J connectivity index is 1.60. The molecule has 134 valence electrons. The monoisotopic (exact) mass is 373 g/mol. The van der Waals surface area contributed by atoms with Gasteiger partial charge in [-0.05, 0) is 25.0 Å². The number of hydrogen-bond acceptors (Lipinski definition) is 7. The molecule has 0 spiro atoms. The number of aromatic nitrogens is 4. The zero-order chi connectivity index (χ0) is 18.3. The van der Waals surface area contributed by atoms with Crippen molar-refractivity contribution in [3.63, 3.8) is 0 Å². The molecule has 0 bridgehead atoms. The number of amides is 1. The maximum absolute atomic E-state index is 13.2. The van der Waals surface area contributed by atoms with Crippen LogP contribution in [0, 0.1) is 5.92 Å². The Labute approximate surface area is 152 Å². The van der Waals surface area contributed by atoms with Gasteiger partial charge in [0.1, 0.15) is 9.88 Å². The highest BCUT2D eigenvalue weighted by molar-refractivity contribution is 7.15. The number of rotatable bonds is 4. The highest BCUT2D eigenvalue weighted by Crippen LogP contribution is 2.33. The van der Waals surface area contributed by atoms with Gasteiger partial charge >= 0.3 is 0 Å². The molecule has 1 aliphatic rings. The van der Waals surface area contributed by atoms with Crippen LogP contribution in [0.2, 0.25) is 0 Å². The first-order valence-electron chi connectivity index (χ1n) is 8.19. The largest absolute Gasteiger partial charge is 0.417 e. The first-order chi connectivity index (χ1) is 12.5. The van der Waals surface area contributed by atoms with Crippen LogP contribution in [0.5, 0.6) is 0 Å². The fourth-order valence-electron chi connectivity index (χ4n) is 2.91. The van der Waals surface area contributed by atoms with Gasteiger partial charge in [0.2, 0.25) is 5.91 Å². The van der Waals surface area contributed by atoms with Gasteiger partial charge in [0.25, 0.3) is 11.8 Å². The first kappa shape index (κ1) is 16.8. The van der Waals surface area contributed by atoms with Crippen molar-refractivity contribution in [3.8, 4) is 10.8 Å². The van der Waals surface area contributed by atoms with Gasteiger partial charge in [0.15, 0.2) is 6.17 Å². The van der Waals surface area contributed by atoms with Crippen molar-refractivity contribution < 1.29 is 13.6 Å².